The molecule has 3 nitrogen and oxygen atoms in total. The van der Waals surface area contributed by atoms with Gasteiger partial charge in [0.25, 0.3) is 5.91 Å². The number of anilines is 1. The Kier molecular flexibility index (Phi) is 4.09. The van der Waals surface area contributed by atoms with Gasteiger partial charge in [-0.25, -0.2) is 9.37 Å². The molecule has 0 unspecified atom stereocenters. The zero-order valence-corrected chi connectivity index (χ0v) is 14.6. The molecule has 0 N–H and O–H groups in total. The standard InChI is InChI=1S/C20H17FN2OS/c1-13-10-15-4-2-3-5-17(15)23(13)20(24)18-12-22-19(25-18)11-14-6-8-16(21)9-7-14/h2-9,12-13H,10-11H2,1H3/t13-/m1/s1. The van der Waals surface area contributed by atoms with Gasteiger partial charge in [-0.05, 0) is 42.7 Å². The van der Waals surface area contributed by atoms with Crippen LogP contribution in [0.4, 0.5) is 10.1 Å². The molecule has 0 bridgehead atoms. The van der Waals surface area contributed by atoms with Crippen LogP contribution in [0.25, 0.3) is 0 Å². The summed E-state index contributed by atoms with van der Waals surface area (Å²) in [6.45, 7) is 2.07. The van der Waals surface area contributed by atoms with Gasteiger partial charge < -0.3 is 4.90 Å². The van der Waals surface area contributed by atoms with Crippen molar-refractivity contribution in [2.45, 2.75) is 25.8 Å². The Labute approximate surface area is 149 Å². The van der Waals surface area contributed by atoms with Crippen molar-refractivity contribution >= 4 is 22.9 Å². The van der Waals surface area contributed by atoms with E-state index in [0.717, 1.165) is 22.7 Å². The minimum Gasteiger partial charge on any atom is -0.304 e. The molecule has 1 atom stereocenters. The highest BCUT2D eigenvalue weighted by molar-refractivity contribution is 7.13. The van der Waals surface area contributed by atoms with E-state index in [4.69, 9.17) is 0 Å². The van der Waals surface area contributed by atoms with Crippen LogP contribution in [0.3, 0.4) is 0 Å². The predicted molar refractivity (Wildman–Crippen MR) is 97.7 cm³/mol. The number of hydrogen-bond donors (Lipinski definition) is 0. The van der Waals surface area contributed by atoms with Crippen LogP contribution in [0.1, 0.15) is 32.7 Å². The predicted octanol–water partition coefficient (Wildman–Crippen LogP) is 4.46. The fraction of sp³-hybridized carbons (Fsp3) is 0.200. The topological polar surface area (TPSA) is 33.2 Å². The first-order valence-electron chi connectivity index (χ1n) is 8.22. The zero-order valence-electron chi connectivity index (χ0n) is 13.8. The third kappa shape index (κ3) is 3.07. The highest BCUT2D eigenvalue weighted by Crippen LogP contribution is 2.34. The summed E-state index contributed by atoms with van der Waals surface area (Å²) in [6.07, 6.45) is 3.13. The van der Waals surface area contributed by atoms with Crippen molar-refractivity contribution in [3.05, 3.63) is 81.6 Å². The second-order valence-electron chi connectivity index (χ2n) is 6.28. The smallest absolute Gasteiger partial charge is 0.270 e. The molecule has 4 rings (SSSR count). The number of carbonyl (C=O) groups is 1. The largest absolute Gasteiger partial charge is 0.304 e. The molecule has 5 heteroatoms. The summed E-state index contributed by atoms with van der Waals surface area (Å²) in [5, 5.41) is 0.857. The highest BCUT2D eigenvalue weighted by Gasteiger charge is 2.32. The first-order valence-corrected chi connectivity index (χ1v) is 9.04. The summed E-state index contributed by atoms with van der Waals surface area (Å²) in [5.74, 6) is -0.249. The van der Waals surface area contributed by atoms with E-state index in [2.05, 4.69) is 18.0 Å². The van der Waals surface area contributed by atoms with Crippen LogP contribution in [-0.2, 0) is 12.8 Å². The maximum absolute atomic E-state index is 13.0. The van der Waals surface area contributed by atoms with Gasteiger partial charge in [-0.15, -0.1) is 11.3 Å². The van der Waals surface area contributed by atoms with Crippen molar-refractivity contribution < 1.29 is 9.18 Å². The van der Waals surface area contributed by atoms with Crippen LogP contribution in [0, 0.1) is 5.82 Å². The van der Waals surface area contributed by atoms with Crippen LogP contribution >= 0.6 is 11.3 Å². The van der Waals surface area contributed by atoms with E-state index in [9.17, 15) is 9.18 Å². The van der Waals surface area contributed by atoms with E-state index in [0.29, 0.717) is 11.3 Å². The molecule has 0 radical (unpaired) electrons. The maximum Gasteiger partial charge on any atom is 0.270 e. The van der Waals surface area contributed by atoms with Crippen LogP contribution in [0.15, 0.2) is 54.7 Å². The van der Waals surface area contributed by atoms with Crippen molar-refractivity contribution in [1.29, 1.82) is 0 Å². The molecule has 3 aromatic rings. The normalized spacial score (nSPS) is 16.1. The summed E-state index contributed by atoms with van der Waals surface area (Å²) < 4.78 is 13.0. The summed E-state index contributed by atoms with van der Waals surface area (Å²) in [6, 6.07) is 14.6. The lowest BCUT2D eigenvalue weighted by Crippen LogP contribution is -2.35. The third-order valence-electron chi connectivity index (χ3n) is 4.46. The first-order chi connectivity index (χ1) is 12.1. The number of carbonyl (C=O) groups excluding carboxylic acids is 1. The van der Waals surface area contributed by atoms with E-state index >= 15 is 0 Å². The lowest BCUT2D eigenvalue weighted by molar-refractivity contribution is 0.0985. The summed E-state index contributed by atoms with van der Waals surface area (Å²) in [7, 11) is 0. The molecule has 2 aromatic carbocycles. The van der Waals surface area contributed by atoms with Crippen molar-refractivity contribution in [1.82, 2.24) is 4.98 Å². The van der Waals surface area contributed by atoms with Gasteiger partial charge in [0.05, 0.1) is 11.2 Å². The number of halogens is 1. The molecule has 2 heterocycles. The van der Waals surface area contributed by atoms with E-state index in [1.165, 1.54) is 29.0 Å². The monoisotopic (exact) mass is 352 g/mol. The van der Waals surface area contributed by atoms with Gasteiger partial charge in [-0.2, -0.15) is 0 Å². The van der Waals surface area contributed by atoms with Gasteiger partial charge in [-0.1, -0.05) is 30.3 Å². The molecular weight excluding hydrogens is 335 g/mol. The van der Waals surface area contributed by atoms with E-state index in [1.54, 1.807) is 18.3 Å². The van der Waals surface area contributed by atoms with E-state index in [-0.39, 0.29) is 17.8 Å². The van der Waals surface area contributed by atoms with Crippen LogP contribution in [0.2, 0.25) is 0 Å². The van der Waals surface area contributed by atoms with E-state index in [1.807, 2.05) is 23.1 Å². The molecule has 126 valence electrons. The number of aromatic nitrogens is 1. The number of hydrogen-bond acceptors (Lipinski definition) is 3. The highest BCUT2D eigenvalue weighted by atomic mass is 32.1. The summed E-state index contributed by atoms with van der Waals surface area (Å²) in [4.78, 5) is 19.9. The molecule has 1 aliphatic heterocycles. The van der Waals surface area contributed by atoms with Gasteiger partial charge >= 0.3 is 0 Å². The zero-order chi connectivity index (χ0) is 17.4. The molecule has 0 saturated heterocycles. The van der Waals surface area contributed by atoms with Crippen molar-refractivity contribution in [3.8, 4) is 0 Å². The lowest BCUT2D eigenvalue weighted by Gasteiger charge is -2.21. The fourth-order valence-corrected chi connectivity index (χ4v) is 4.15. The minimum atomic E-state index is -0.250. The SMILES string of the molecule is C[C@@H]1Cc2ccccc2N1C(=O)c1cnc(Cc2ccc(F)cc2)s1. The van der Waals surface area contributed by atoms with Gasteiger partial charge in [-0.3, -0.25) is 4.79 Å². The molecule has 0 spiro atoms. The second-order valence-corrected chi connectivity index (χ2v) is 7.39. The van der Waals surface area contributed by atoms with E-state index < -0.39 is 0 Å². The number of amides is 1. The van der Waals surface area contributed by atoms with Crippen molar-refractivity contribution in [2.24, 2.45) is 0 Å². The quantitative estimate of drug-likeness (QED) is 0.697. The number of para-hydroxylation sites is 1. The van der Waals surface area contributed by atoms with Crippen LogP contribution < -0.4 is 4.90 Å². The minimum absolute atomic E-state index is 0.000283. The molecule has 1 aromatic heterocycles. The van der Waals surface area contributed by atoms with Crippen molar-refractivity contribution in [2.75, 3.05) is 4.90 Å². The maximum atomic E-state index is 13.0. The Hall–Kier alpha value is -2.53. The molecular formula is C20H17FN2OS. The summed E-state index contributed by atoms with van der Waals surface area (Å²) in [5.41, 5.74) is 3.18. The Bertz CT molecular complexity index is 919. The number of nitrogens with zero attached hydrogens (tertiary/aromatic N) is 2. The Morgan fingerprint density at radius 1 is 1.24 bits per heavy atom. The summed E-state index contributed by atoms with van der Waals surface area (Å²) >= 11 is 1.41. The number of benzene rings is 2. The fourth-order valence-electron chi connectivity index (χ4n) is 3.26. The second kappa shape index (κ2) is 6.41. The Morgan fingerprint density at radius 3 is 2.80 bits per heavy atom. The third-order valence-corrected chi connectivity index (χ3v) is 5.44. The van der Waals surface area contributed by atoms with Gasteiger partial charge in [0, 0.05) is 18.2 Å². The molecule has 0 fully saturated rings. The number of fused-ring (bicyclic) bond motifs is 1. The Morgan fingerprint density at radius 2 is 2.00 bits per heavy atom. The van der Waals surface area contributed by atoms with Gasteiger partial charge in [0.15, 0.2) is 0 Å². The molecule has 0 saturated carbocycles. The van der Waals surface area contributed by atoms with Gasteiger partial charge in [0.1, 0.15) is 10.7 Å². The number of thiazole rings is 1. The molecule has 0 aliphatic carbocycles. The first kappa shape index (κ1) is 16.0. The molecule has 1 aliphatic rings. The molecule has 1 amide bonds. The number of rotatable bonds is 3. The average molecular weight is 352 g/mol. The van der Waals surface area contributed by atoms with Crippen LogP contribution in [-0.4, -0.2) is 16.9 Å². The lowest BCUT2D eigenvalue weighted by atomic mass is 10.1. The molecule has 25 heavy (non-hydrogen) atoms. The van der Waals surface area contributed by atoms with Gasteiger partial charge in [0.2, 0.25) is 0 Å². The van der Waals surface area contributed by atoms with Crippen molar-refractivity contribution in [3.63, 3.8) is 0 Å². The Balaban J connectivity index is 1.56. The average Bonchev–Trinajstić information content (AvgIpc) is 3.20. The van der Waals surface area contributed by atoms with Crippen LogP contribution in [0.5, 0.6) is 0 Å².